The summed E-state index contributed by atoms with van der Waals surface area (Å²) < 4.78 is 37.6. The molecule has 1 rings (SSSR count). The summed E-state index contributed by atoms with van der Waals surface area (Å²) in [6.45, 7) is 1.21. The van der Waals surface area contributed by atoms with Gasteiger partial charge in [-0.15, -0.1) is 0 Å². The number of nitrogens with two attached hydrogens (primary N) is 1. The molecule has 1 nitrogen and oxygen atoms in total. The van der Waals surface area contributed by atoms with Crippen molar-refractivity contribution in [2.45, 2.75) is 19.0 Å². The van der Waals surface area contributed by atoms with Crippen LogP contribution in [0, 0.1) is 6.92 Å². The average Bonchev–Trinajstić information content (AvgIpc) is 2.10. The Hall–Kier alpha value is -0.740. The maximum Gasteiger partial charge on any atom is 0.396 e. The van der Waals surface area contributed by atoms with Crippen LogP contribution in [0.4, 0.5) is 13.2 Å². The first-order valence-corrected chi connectivity index (χ1v) is 4.77. The van der Waals surface area contributed by atoms with Gasteiger partial charge in [-0.2, -0.15) is 13.2 Å². The topological polar surface area (TPSA) is 26.0 Å². The Morgan fingerprint density at radius 3 is 2.40 bits per heavy atom. The Morgan fingerprint density at radius 1 is 1.40 bits per heavy atom. The van der Waals surface area contributed by atoms with Crippen molar-refractivity contribution >= 4 is 11.6 Å². The van der Waals surface area contributed by atoms with Crippen molar-refractivity contribution in [3.8, 4) is 0 Å². The molecule has 0 aromatic heterocycles. The van der Waals surface area contributed by atoms with Crippen molar-refractivity contribution < 1.29 is 13.2 Å². The van der Waals surface area contributed by atoms with Crippen LogP contribution >= 0.6 is 11.6 Å². The van der Waals surface area contributed by atoms with Gasteiger partial charge in [0.25, 0.3) is 0 Å². The highest BCUT2D eigenvalue weighted by Crippen LogP contribution is 2.35. The van der Waals surface area contributed by atoms with E-state index in [1.807, 2.05) is 0 Å². The summed E-state index contributed by atoms with van der Waals surface area (Å²) >= 11 is 5.73. The second-order valence-electron chi connectivity index (χ2n) is 3.34. The molecule has 0 saturated heterocycles. The summed E-state index contributed by atoms with van der Waals surface area (Å²) in [5, 5.41) is 0.455. The average molecular weight is 238 g/mol. The number of halogens is 4. The molecule has 0 bridgehead atoms. The number of hydrogen-bond acceptors (Lipinski definition) is 1. The van der Waals surface area contributed by atoms with E-state index in [1.54, 1.807) is 6.92 Å². The number of alkyl halides is 3. The highest BCUT2D eigenvalue weighted by molar-refractivity contribution is 6.31. The zero-order chi connectivity index (χ0) is 11.6. The third-order valence-corrected chi connectivity index (χ3v) is 2.64. The van der Waals surface area contributed by atoms with E-state index in [0.717, 1.165) is 0 Å². The predicted octanol–water partition coefficient (Wildman–Crippen LogP) is 3.25. The van der Waals surface area contributed by atoms with Gasteiger partial charge in [-0.3, -0.25) is 0 Å². The van der Waals surface area contributed by atoms with Crippen LogP contribution < -0.4 is 5.73 Å². The fraction of sp³-hybridized carbons (Fsp3) is 0.400. The fourth-order valence-electron chi connectivity index (χ4n) is 1.34. The molecule has 0 aliphatic rings. The molecule has 0 radical (unpaired) electrons. The highest BCUT2D eigenvalue weighted by atomic mass is 35.5. The van der Waals surface area contributed by atoms with Crippen molar-refractivity contribution in [3.63, 3.8) is 0 Å². The molecule has 1 aromatic carbocycles. The monoisotopic (exact) mass is 237 g/mol. The van der Waals surface area contributed by atoms with Gasteiger partial charge >= 0.3 is 6.18 Å². The SMILES string of the molecule is Cc1cc(C(CN)C(F)(F)F)ccc1Cl. The van der Waals surface area contributed by atoms with Gasteiger partial charge in [0.05, 0.1) is 5.92 Å². The molecule has 1 atom stereocenters. The molecule has 1 aromatic rings. The Bertz CT molecular complexity index is 349. The summed E-state index contributed by atoms with van der Waals surface area (Å²) in [5.41, 5.74) is 5.91. The fourth-order valence-corrected chi connectivity index (χ4v) is 1.46. The van der Waals surface area contributed by atoms with Crippen LogP contribution in [0.5, 0.6) is 0 Å². The molecule has 0 saturated carbocycles. The second kappa shape index (κ2) is 4.41. The van der Waals surface area contributed by atoms with Gasteiger partial charge in [-0.05, 0) is 24.1 Å². The summed E-state index contributed by atoms with van der Waals surface area (Å²) in [7, 11) is 0. The minimum Gasteiger partial charge on any atom is -0.330 e. The molecule has 0 heterocycles. The van der Waals surface area contributed by atoms with Crippen LogP contribution in [0.1, 0.15) is 17.0 Å². The highest BCUT2D eigenvalue weighted by Gasteiger charge is 2.39. The van der Waals surface area contributed by atoms with Gasteiger partial charge in [-0.1, -0.05) is 23.7 Å². The van der Waals surface area contributed by atoms with E-state index >= 15 is 0 Å². The van der Waals surface area contributed by atoms with Gasteiger partial charge in [0.15, 0.2) is 0 Å². The van der Waals surface area contributed by atoms with E-state index in [1.165, 1.54) is 18.2 Å². The molecule has 0 fully saturated rings. The summed E-state index contributed by atoms with van der Waals surface area (Å²) in [6, 6.07) is 4.24. The maximum absolute atomic E-state index is 12.5. The molecular weight excluding hydrogens is 227 g/mol. The van der Waals surface area contributed by atoms with E-state index in [9.17, 15) is 13.2 Å². The molecule has 0 spiro atoms. The molecule has 2 N–H and O–H groups in total. The van der Waals surface area contributed by atoms with Crippen LogP contribution in [0.15, 0.2) is 18.2 Å². The summed E-state index contributed by atoms with van der Waals surface area (Å²) in [6.07, 6.45) is -4.31. The Kier molecular flexibility index (Phi) is 3.62. The van der Waals surface area contributed by atoms with Crippen LogP contribution in [0.2, 0.25) is 5.02 Å². The van der Waals surface area contributed by atoms with E-state index < -0.39 is 18.6 Å². The van der Waals surface area contributed by atoms with Crippen molar-refractivity contribution in [2.75, 3.05) is 6.54 Å². The van der Waals surface area contributed by atoms with Gasteiger partial charge in [0.1, 0.15) is 0 Å². The minimum atomic E-state index is -4.31. The van der Waals surface area contributed by atoms with Crippen molar-refractivity contribution in [1.29, 1.82) is 0 Å². The van der Waals surface area contributed by atoms with E-state index in [0.29, 0.717) is 10.6 Å². The normalized spacial score (nSPS) is 14.0. The zero-order valence-corrected chi connectivity index (χ0v) is 8.86. The Morgan fingerprint density at radius 2 is 2.00 bits per heavy atom. The molecule has 0 amide bonds. The lowest BCUT2D eigenvalue weighted by atomic mass is 9.97. The number of benzene rings is 1. The summed E-state index contributed by atoms with van der Waals surface area (Å²) in [5.74, 6) is -1.62. The van der Waals surface area contributed by atoms with E-state index in [4.69, 9.17) is 17.3 Å². The van der Waals surface area contributed by atoms with Gasteiger partial charge in [0.2, 0.25) is 0 Å². The van der Waals surface area contributed by atoms with Crippen molar-refractivity contribution in [2.24, 2.45) is 5.73 Å². The molecule has 0 aliphatic carbocycles. The second-order valence-corrected chi connectivity index (χ2v) is 3.75. The van der Waals surface area contributed by atoms with Crippen molar-refractivity contribution in [1.82, 2.24) is 0 Å². The van der Waals surface area contributed by atoms with Gasteiger partial charge < -0.3 is 5.73 Å². The quantitative estimate of drug-likeness (QED) is 0.840. The Labute approximate surface area is 91.0 Å². The first-order chi connectivity index (χ1) is 6.86. The van der Waals surface area contributed by atoms with Crippen LogP contribution in [-0.2, 0) is 0 Å². The molecule has 5 heteroatoms. The molecular formula is C10H11ClF3N. The largest absolute Gasteiger partial charge is 0.396 e. The van der Waals surface area contributed by atoms with Crippen LogP contribution in [0.3, 0.4) is 0 Å². The molecule has 15 heavy (non-hydrogen) atoms. The van der Waals surface area contributed by atoms with Crippen LogP contribution in [0.25, 0.3) is 0 Å². The van der Waals surface area contributed by atoms with E-state index in [2.05, 4.69) is 0 Å². The van der Waals surface area contributed by atoms with E-state index in [-0.39, 0.29) is 5.56 Å². The maximum atomic E-state index is 12.5. The number of hydrogen-bond donors (Lipinski definition) is 1. The molecule has 1 unspecified atom stereocenters. The number of rotatable bonds is 2. The minimum absolute atomic E-state index is 0.159. The first-order valence-electron chi connectivity index (χ1n) is 4.39. The third-order valence-electron chi connectivity index (χ3n) is 2.22. The smallest absolute Gasteiger partial charge is 0.330 e. The van der Waals surface area contributed by atoms with Crippen LogP contribution in [-0.4, -0.2) is 12.7 Å². The summed E-state index contributed by atoms with van der Waals surface area (Å²) in [4.78, 5) is 0. The number of aryl methyl sites for hydroxylation is 1. The Balaban J connectivity index is 3.08. The zero-order valence-electron chi connectivity index (χ0n) is 8.11. The van der Waals surface area contributed by atoms with Crippen molar-refractivity contribution in [3.05, 3.63) is 34.3 Å². The standard InChI is InChI=1S/C10H11ClF3N/c1-6-4-7(2-3-9(6)11)8(5-15)10(12,13)14/h2-4,8H,5,15H2,1H3. The predicted molar refractivity (Wildman–Crippen MR) is 54.0 cm³/mol. The molecule has 0 aliphatic heterocycles. The first kappa shape index (κ1) is 12.3. The van der Waals surface area contributed by atoms with Gasteiger partial charge in [-0.25, -0.2) is 0 Å². The van der Waals surface area contributed by atoms with Gasteiger partial charge in [0, 0.05) is 11.6 Å². The lowest BCUT2D eigenvalue weighted by Gasteiger charge is -2.19. The molecule has 84 valence electrons. The third kappa shape index (κ3) is 2.86. The lowest BCUT2D eigenvalue weighted by Crippen LogP contribution is -2.28. The lowest BCUT2D eigenvalue weighted by molar-refractivity contribution is -0.148.